The molecule has 4 heteroatoms. The Bertz CT molecular complexity index is 219. The minimum absolute atomic E-state index is 0.00204. The quantitative estimate of drug-likeness (QED) is 0.716. The summed E-state index contributed by atoms with van der Waals surface area (Å²) in [5.41, 5.74) is 5.61. The highest BCUT2D eigenvalue weighted by Crippen LogP contribution is 2.20. The van der Waals surface area contributed by atoms with E-state index in [1.165, 1.54) is 0 Å². The molecular formula is C11H22N2O2. The van der Waals surface area contributed by atoms with Crippen LogP contribution in [0.2, 0.25) is 0 Å². The van der Waals surface area contributed by atoms with Crippen molar-refractivity contribution in [1.29, 1.82) is 0 Å². The van der Waals surface area contributed by atoms with Gasteiger partial charge in [0.05, 0.1) is 12.0 Å². The molecule has 3 N–H and O–H groups in total. The lowest BCUT2D eigenvalue weighted by Gasteiger charge is -2.23. The summed E-state index contributed by atoms with van der Waals surface area (Å²) in [5.74, 6) is 0.457. The van der Waals surface area contributed by atoms with E-state index in [1.54, 1.807) is 0 Å². The van der Waals surface area contributed by atoms with Crippen LogP contribution < -0.4 is 11.1 Å². The van der Waals surface area contributed by atoms with Crippen molar-refractivity contribution in [3.8, 4) is 0 Å². The minimum Gasteiger partial charge on any atom is -0.378 e. The summed E-state index contributed by atoms with van der Waals surface area (Å²) >= 11 is 0. The third kappa shape index (κ3) is 3.18. The molecule has 3 unspecified atom stereocenters. The Morgan fingerprint density at radius 2 is 2.27 bits per heavy atom. The van der Waals surface area contributed by atoms with E-state index in [-0.39, 0.29) is 24.0 Å². The molecule has 1 rings (SSSR count). The van der Waals surface area contributed by atoms with Crippen molar-refractivity contribution in [2.45, 2.75) is 39.3 Å². The molecule has 0 saturated carbocycles. The molecule has 1 heterocycles. The zero-order valence-electron chi connectivity index (χ0n) is 9.82. The van der Waals surface area contributed by atoms with E-state index in [2.05, 4.69) is 19.2 Å². The molecular weight excluding hydrogens is 192 g/mol. The van der Waals surface area contributed by atoms with Crippen LogP contribution >= 0.6 is 0 Å². The van der Waals surface area contributed by atoms with Crippen LogP contribution in [0.15, 0.2) is 0 Å². The number of amides is 1. The first kappa shape index (κ1) is 12.5. The van der Waals surface area contributed by atoms with Crippen LogP contribution in [-0.4, -0.2) is 31.2 Å². The summed E-state index contributed by atoms with van der Waals surface area (Å²) in [7, 11) is 0. The molecule has 0 aliphatic carbocycles. The Labute approximate surface area is 91.5 Å². The fraction of sp³-hybridized carbons (Fsp3) is 0.909. The van der Waals surface area contributed by atoms with Gasteiger partial charge in [-0.1, -0.05) is 13.8 Å². The second-order valence-corrected chi connectivity index (χ2v) is 4.57. The number of hydrogen-bond donors (Lipinski definition) is 2. The molecule has 3 atom stereocenters. The standard InChI is InChI=1S/C11H22N2O2/c1-7(2)10(6-12)13-11(14)9-4-5-15-8(9)3/h7-10H,4-6,12H2,1-3H3,(H,13,14). The van der Waals surface area contributed by atoms with E-state index in [9.17, 15) is 4.79 Å². The first-order valence-corrected chi connectivity index (χ1v) is 5.68. The summed E-state index contributed by atoms with van der Waals surface area (Å²) in [5, 5.41) is 2.99. The summed E-state index contributed by atoms with van der Waals surface area (Å²) in [4.78, 5) is 11.9. The molecule has 15 heavy (non-hydrogen) atoms. The van der Waals surface area contributed by atoms with Gasteiger partial charge >= 0.3 is 0 Å². The lowest BCUT2D eigenvalue weighted by Crippen LogP contribution is -2.47. The zero-order valence-corrected chi connectivity index (χ0v) is 9.82. The summed E-state index contributed by atoms with van der Waals surface area (Å²) in [6, 6.07) is 0.0744. The monoisotopic (exact) mass is 214 g/mol. The molecule has 1 amide bonds. The highest BCUT2D eigenvalue weighted by Gasteiger charge is 2.31. The van der Waals surface area contributed by atoms with Crippen LogP contribution in [0.3, 0.4) is 0 Å². The minimum atomic E-state index is -0.00204. The van der Waals surface area contributed by atoms with Gasteiger partial charge in [0, 0.05) is 19.2 Å². The molecule has 1 aliphatic heterocycles. The normalized spacial score (nSPS) is 28.1. The number of rotatable bonds is 4. The van der Waals surface area contributed by atoms with Gasteiger partial charge in [-0.15, -0.1) is 0 Å². The van der Waals surface area contributed by atoms with E-state index in [4.69, 9.17) is 10.5 Å². The Hall–Kier alpha value is -0.610. The van der Waals surface area contributed by atoms with Crippen LogP contribution in [0, 0.1) is 11.8 Å². The van der Waals surface area contributed by atoms with Gasteiger partial charge in [0.15, 0.2) is 0 Å². The maximum absolute atomic E-state index is 11.9. The molecule has 0 aromatic heterocycles. The molecule has 4 nitrogen and oxygen atoms in total. The Kier molecular flexibility index (Phi) is 4.54. The van der Waals surface area contributed by atoms with Gasteiger partial charge < -0.3 is 15.8 Å². The second-order valence-electron chi connectivity index (χ2n) is 4.57. The molecule has 0 aromatic rings. The van der Waals surface area contributed by atoms with Crippen LogP contribution in [0.4, 0.5) is 0 Å². The highest BCUT2D eigenvalue weighted by molar-refractivity contribution is 5.79. The molecule has 0 spiro atoms. The highest BCUT2D eigenvalue weighted by atomic mass is 16.5. The van der Waals surface area contributed by atoms with Crippen LogP contribution in [0.5, 0.6) is 0 Å². The van der Waals surface area contributed by atoms with Gasteiger partial charge in [-0.05, 0) is 19.3 Å². The van der Waals surface area contributed by atoms with Crippen LogP contribution in [0.1, 0.15) is 27.2 Å². The molecule has 0 radical (unpaired) electrons. The predicted octanol–water partition coefficient (Wildman–Crippen LogP) is 0.511. The summed E-state index contributed by atoms with van der Waals surface area (Å²) < 4.78 is 5.37. The Morgan fingerprint density at radius 3 is 2.67 bits per heavy atom. The lowest BCUT2D eigenvalue weighted by atomic mass is 9.99. The van der Waals surface area contributed by atoms with Gasteiger partial charge in [-0.2, -0.15) is 0 Å². The maximum Gasteiger partial charge on any atom is 0.226 e. The van der Waals surface area contributed by atoms with Crippen molar-refractivity contribution in [2.75, 3.05) is 13.2 Å². The molecule has 88 valence electrons. The van der Waals surface area contributed by atoms with Crippen molar-refractivity contribution in [1.82, 2.24) is 5.32 Å². The van der Waals surface area contributed by atoms with Crippen molar-refractivity contribution in [2.24, 2.45) is 17.6 Å². The zero-order chi connectivity index (χ0) is 11.4. The fourth-order valence-corrected chi connectivity index (χ4v) is 1.86. The van der Waals surface area contributed by atoms with Gasteiger partial charge in [-0.3, -0.25) is 4.79 Å². The van der Waals surface area contributed by atoms with Crippen molar-refractivity contribution < 1.29 is 9.53 Å². The number of nitrogens with two attached hydrogens (primary N) is 1. The molecule has 0 aromatic carbocycles. The molecule has 0 bridgehead atoms. The van der Waals surface area contributed by atoms with Crippen LogP contribution in [-0.2, 0) is 9.53 Å². The Morgan fingerprint density at radius 1 is 1.60 bits per heavy atom. The average Bonchev–Trinajstić information content (AvgIpc) is 2.60. The fourth-order valence-electron chi connectivity index (χ4n) is 1.86. The largest absolute Gasteiger partial charge is 0.378 e. The third-order valence-electron chi connectivity index (χ3n) is 3.10. The molecule has 1 fully saturated rings. The van der Waals surface area contributed by atoms with Gasteiger partial charge in [0.1, 0.15) is 0 Å². The van der Waals surface area contributed by atoms with Crippen molar-refractivity contribution >= 4 is 5.91 Å². The number of ether oxygens (including phenoxy) is 1. The van der Waals surface area contributed by atoms with Crippen LogP contribution in [0.25, 0.3) is 0 Å². The van der Waals surface area contributed by atoms with Gasteiger partial charge in [0.2, 0.25) is 5.91 Å². The van der Waals surface area contributed by atoms with E-state index in [0.29, 0.717) is 19.1 Å². The van der Waals surface area contributed by atoms with E-state index < -0.39 is 0 Å². The maximum atomic E-state index is 11.9. The number of carbonyl (C=O) groups excluding carboxylic acids is 1. The first-order valence-electron chi connectivity index (χ1n) is 5.68. The predicted molar refractivity (Wildman–Crippen MR) is 59.3 cm³/mol. The molecule has 1 aliphatic rings. The topological polar surface area (TPSA) is 64.3 Å². The van der Waals surface area contributed by atoms with E-state index >= 15 is 0 Å². The van der Waals surface area contributed by atoms with E-state index in [1.807, 2.05) is 6.92 Å². The smallest absolute Gasteiger partial charge is 0.226 e. The van der Waals surface area contributed by atoms with Crippen molar-refractivity contribution in [3.05, 3.63) is 0 Å². The van der Waals surface area contributed by atoms with Crippen molar-refractivity contribution in [3.63, 3.8) is 0 Å². The first-order chi connectivity index (χ1) is 7.06. The average molecular weight is 214 g/mol. The Balaban J connectivity index is 2.46. The number of nitrogens with one attached hydrogen (secondary N) is 1. The van der Waals surface area contributed by atoms with Gasteiger partial charge in [-0.25, -0.2) is 0 Å². The third-order valence-corrected chi connectivity index (χ3v) is 3.10. The number of carbonyl (C=O) groups is 1. The van der Waals surface area contributed by atoms with Gasteiger partial charge in [0.25, 0.3) is 0 Å². The second kappa shape index (κ2) is 5.47. The van der Waals surface area contributed by atoms with E-state index in [0.717, 1.165) is 6.42 Å². The SMILES string of the molecule is CC(C)C(CN)NC(=O)C1CCOC1C. The lowest BCUT2D eigenvalue weighted by molar-refractivity contribution is -0.127. The summed E-state index contributed by atoms with van der Waals surface area (Å²) in [6.45, 7) is 7.25. The molecule has 1 saturated heterocycles. The number of hydrogen-bond acceptors (Lipinski definition) is 3. The summed E-state index contributed by atoms with van der Waals surface area (Å²) in [6.07, 6.45) is 0.859.